The SMILES string of the molecule is C=CCc1ccc2ccccc2c1N=C=C(c1ccccc1)c1ccccc1. The van der Waals surface area contributed by atoms with Crippen LogP contribution in [0.3, 0.4) is 0 Å². The molecule has 0 aliphatic heterocycles. The third-order valence-corrected chi connectivity index (χ3v) is 4.75. The predicted octanol–water partition coefficient (Wildman–Crippen LogP) is 7.00. The van der Waals surface area contributed by atoms with E-state index in [0.29, 0.717) is 0 Å². The lowest BCUT2D eigenvalue weighted by Crippen LogP contribution is -1.89. The molecule has 0 spiro atoms. The van der Waals surface area contributed by atoms with E-state index in [1.54, 1.807) is 0 Å². The Kier molecular flexibility index (Phi) is 5.29. The normalized spacial score (nSPS) is 10.3. The first-order valence-corrected chi connectivity index (χ1v) is 9.43. The van der Waals surface area contributed by atoms with Crippen molar-refractivity contribution < 1.29 is 0 Å². The zero-order valence-corrected chi connectivity index (χ0v) is 15.7. The van der Waals surface area contributed by atoms with Gasteiger partial charge in [0.15, 0.2) is 0 Å². The third kappa shape index (κ3) is 3.71. The topological polar surface area (TPSA) is 12.4 Å². The second-order valence-corrected chi connectivity index (χ2v) is 6.62. The van der Waals surface area contributed by atoms with Gasteiger partial charge in [-0.05, 0) is 34.4 Å². The van der Waals surface area contributed by atoms with Gasteiger partial charge in [-0.2, -0.15) is 0 Å². The molecule has 1 heteroatoms. The van der Waals surface area contributed by atoms with E-state index in [0.717, 1.165) is 39.8 Å². The summed E-state index contributed by atoms with van der Waals surface area (Å²) in [7, 11) is 0. The van der Waals surface area contributed by atoms with E-state index in [-0.39, 0.29) is 0 Å². The Morgan fingerprint density at radius 2 is 1.36 bits per heavy atom. The Morgan fingerprint density at radius 3 is 2.00 bits per heavy atom. The summed E-state index contributed by atoms with van der Waals surface area (Å²) in [5, 5.41) is 2.31. The molecule has 0 radical (unpaired) electrons. The van der Waals surface area contributed by atoms with Gasteiger partial charge < -0.3 is 0 Å². The molecule has 0 aliphatic rings. The summed E-state index contributed by atoms with van der Waals surface area (Å²) in [5.41, 5.74) is 5.30. The minimum absolute atomic E-state index is 0.775. The zero-order valence-electron chi connectivity index (χ0n) is 15.7. The van der Waals surface area contributed by atoms with Gasteiger partial charge in [-0.15, -0.1) is 6.58 Å². The Morgan fingerprint density at radius 1 is 0.750 bits per heavy atom. The quantitative estimate of drug-likeness (QED) is 0.269. The smallest absolute Gasteiger partial charge is 0.0843 e. The number of rotatable bonds is 5. The van der Waals surface area contributed by atoms with Crippen molar-refractivity contribution in [1.29, 1.82) is 0 Å². The lowest BCUT2D eigenvalue weighted by atomic mass is 9.99. The van der Waals surface area contributed by atoms with Crippen LogP contribution in [0.1, 0.15) is 16.7 Å². The highest BCUT2D eigenvalue weighted by atomic mass is 14.7. The lowest BCUT2D eigenvalue weighted by Gasteiger charge is -2.08. The Bertz CT molecular complexity index is 1120. The molecule has 0 amide bonds. The van der Waals surface area contributed by atoms with Crippen LogP contribution in [0.15, 0.2) is 115 Å². The molecular formula is C27H21N. The first-order chi connectivity index (χ1) is 13.9. The van der Waals surface area contributed by atoms with Gasteiger partial charge in [0.25, 0.3) is 0 Å². The van der Waals surface area contributed by atoms with Gasteiger partial charge in [-0.3, -0.25) is 0 Å². The summed E-state index contributed by atoms with van der Waals surface area (Å²) < 4.78 is 0. The van der Waals surface area contributed by atoms with Crippen LogP contribution in [0.2, 0.25) is 0 Å². The molecule has 4 aromatic rings. The summed E-state index contributed by atoms with van der Waals surface area (Å²) in [6, 6.07) is 33.2. The van der Waals surface area contributed by atoms with E-state index in [1.165, 1.54) is 5.39 Å². The highest BCUT2D eigenvalue weighted by molar-refractivity contribution is 6.02. The molecular weight excluding hydrogens is 338 g/mol. The minimum atomic E-state index is 0.775. The van der Waals surface area contributed by atoms with Crippen LogP contribution in [0.5, 0.6) is 0 Å². The van der Waals surface area contributed by atoms with Gasteiger partial charge in [-0.25, -0.2) is 4.99 Å². The van der Waals surface area contributed by atoms with Crippen molar-refractivity contribution in [1.82, 2.24) is 0 Å². The van der Waals surface area contributed by atoms with Crippen molar-refractivity contribution in [3.63, 3.8) is 0 Å². The Labute approximate surface area is 166 Å². The number of hydrogen-bond donors (Lipinski definition) is 0. The van der Waals surface area contributed by atoms with Crippen LogP contribution >= 0.6 is 0 Å². The Balaban J connectivity index is 1.96. The average Bonchev–Trinajstić information content (AvgIpc) is 2.76. The summed E-state index contributed by atoms with van der Waals surface area (Å²) >= 11 is 0. The van der Waals surface area contributed by atoms with Crippen molar-refractivity contribution in [2.75, 3.05) is 0 Å². The van der Waals surface area contributed by atoms with Crippen molar-refractivity contribution in [3.05, 3.63) is 126 Å². The van der Waals surface area contributed by atoms with E-state index in [9.17, 15) is 0 Å². The molecule has 0 fully saturated rings. The molecule has 0 heterocycles. The van der Waals surface area contributed by atoms with Crippen molar-refractivity contribution in [2.24, 2.45) is 4.99 Å². The number of hydrogen-bond acceptors (Lipinski definition) is 1. The number of nitrogens with zero attached hydrogens (tertiary/aromatic N) is 1. The predicted molar refractivity (Wildman–Crippen MR) is 120 cm³/mol. The van der Waals surface area contributed by atoms with Gasteiger partial charge in [0.2, 0.25) is 0 Å². The minimum Gasteiger partial charge on any atom is -0.205 e. The molecule has 1 nitrogen and oxygen atoms in total. The second-order valence-electron chi connectivity index (χ2n) is 6.62. The maximum Gasteiger partial charge on any atom is 0.0843 e. The van der Waals surface area contributed by atoms with Crippen LogP contribution in [-0.4, -0.2) is 5.87 Å². The molecule has 0 aliphatic carbocycles. The van der Waals surface area contributed by atoms with Crippen molar-refractivity contribution >= 4 is 27.9 Å². The maximum absolute atomic E-state index is 4.87. The molecule has 134 valence electrons. The van der Waals surface area contributed by atoms with Crippen LogP contribution in [0.4, 0.5) is 5.69 Å². The van der Waals surface area contributed by atoms with E-state index < -0.39 is 0 Å². The highest BCUT2D eigenvalue weighted by Gasteiger charge is 2.07. The molecule has 0 saturated heterocycles. The lowest BCUT2D eigenvalue weighted by molar-refractivity contribution is 1.27. The summed E-state index contributed by atoms with van der Waals surface area (Å²) in [5.74, 6) is 3.37. The van der Waals surface area contributed by atoms with Crippen molar-refractivity contribution in [3.8, 4) is 0 Å². The van der Waals surface area contributed by atoms with Gasteiger partial charge in [0.05, 0.1) is 11.3 Å². The fraction of sp³-hybridized carbons (Fsp3) is 0.0370. The monoisotopic (exact) mass is 359 g/mol. The van der Waals surface area contributed by atoms with Crippen molar-refractivity contribution in [2.45, 2.75) is 6.42 Å². The molecule has 28 heavy (non-hydrogen) atoms. The van der Waals surface area contributed by atoms with E-state index in [2.05, 4.69) is 73.1 Å². The van der Waals surface area contributed by atoms with E-state index in [4.69, 9.17) is 4.99 Å². The highest BCUT2D eigenvalue weighted by Crippen LogP contribution is 2.31. The molecule has 0 atom stereocenters. The fourth-order valence-corrected chi connectivity index (χ4v) is 3.37. The molecule has 0 N–H and O–H groups in total. The molecule has 0 saturated carbocycles. The van der Waals surface area contributed by atoms with Gasteiger partial charge in [-0.1, -0.05) is 103 Å². The Hall–Kier alpha value is -3.67. The molecule has 4 rings (SSSR count). The largest absolute Gasteiger partial charge is 0.205 e. The molecule has 4 aromatic carbocycles. The molecule has 0 aromatic heterocycles. The van der Waals surface area contributed by atoms with Crippen LogP contribution < -0.4 is 0 Å². The van der Waals surface area contributed by atoms with Gasteiger partial charge in [0, 0.05) is 5.39 Å². The second kappa shape index (κ2) is 8.35. The summed E-state index contributed by atoms with van der Waals surface area (Å²) in [6.45, 7) is 3.90. The van der Waals surface area contributed by atoms with Crippen LogP contribution in [0, 0.1) is 0 Å². The number of allylic oxidation sites excluding steroid dienone is 1. The summed E-state index contributed by atoms with van der Waals surface area (Å²) in [4.78, 5) is 4.87. The average molecular weight is 359 g/mol. The van der Waals surface area contributed by atoms with Gasteiger partial charge in [0.1, 0.15) is 0 Å². The third-order valence-electron chi connectivity index (χ3n) is 4.75. The van der Waals surface area contributed by atoms with E-state index in [1.807, 2.05) is 42.5 Å². The first kappa shape index (κ1) is 17.7. The standard InChI is InChI=1S/C27H21N/c1-2-11-24-19-18-23-16-9-10-17-25(23)27(24)28-20-26(21-12-5-3-6-13-21)22-14-7-4-8-15-22/h2-10,12-19H,1,11H2. The number of benzene rings is 4. The maximum atomic E-state index is 4.87. The number of aliphatic imine (C=N–C) groups is 1. The van der Waals surface area contributed by atoms with Crippen LogP contribution in [0.25, 0.3) is 16.3 Å². The van der Waals surface area contributed by atoms with Crippen LogP contribution in [-0.2, 0) is 6.42 Å². The first-order valence-electron chi connectivity index (χ1n) is 9.43. The summed E-state index contributed by atoms with van der Waals surface area (Å²) in [6.07, 6.45) is 2.69. The van der Waals surface area contributed by atoms with Gasteiger partial charge >= 0.3 is 0 Å². The molecule has 0 bridgehead atoms. The fourth-order valence-electron chi connectivity index (χ4n) is 3.37. The molecule has 0 unspecified atom stereocenters. The number of fused-ring (bicyclic) bond motifs is 1. The zero-order chi connectivity index (χ0) is 19.2. The van der Waals surface area contributed by atoms with E-state index >= 15 is 0 Å².